The number of likely N-dealkylation sites (tertiary alicyclic amines) is 1. The summed E-state index contributed by atoms with van der Waals surface area (Å²) in [6, 6.07) is 0.180. The van der Waals surface area contributed by atoms with E-state index in [-0.39, 0.29) is 23.8 Å². The van der Waals surface area contributed by atoms with E-state index < -0.39 is 0 Å². The van der Waals surface area contributed by atoms with Gasteiger partial charge in [0.25, 0.3) is 0 Å². The maximum absolute atomic E-state index is 11.4. The van der Waals surface area contributed by atoms with Crippen LogP contribution >= 0.6 is 0 Å². The van der Waals surface area contributed by atoms with Crippen molar-refractivity contribution in [2.75, 3.05) is 13.1 Å². The summed E-state index contributed by atoms with van der Waals surface area (Å²) in [4.78, 5) is 23.8. The van der Waals surface area contributed by atoms with Gasteiger partial charge in [-0.3, -0.25) is 9.59 Å². The molecule has 0 aliphatic carbocycles. The predicted octanol–water partition coefficient (Wildman–Crippen LogP) is -0.0107. The summed E-state index contributed by atoms with van der Waals surface area (Å²) in [5.41, 5.74) is 0. The van der Waals surface area contributed by atoms with Crippen LogP contribution in [0.25, 0.3) is 0 Å². The second kappa shape index (κ2) is 3.77. The van der Waals surface area contributed by atoms with Crippen molar-refractivity contribution in [1.29, 1.82) is 0 Å². The Hall–Kier alpha value is -1.06. The van der Waals surface area contributed by atoms with E-state index in [2.05, 4.69) is 5.32 Å². The Bertz CT molecular complexity index is 220. The van der Waals surface area contributed by atoms with Gasteiger partial charge in [-0.15, -0.1) is 0 Å². The molecule has 4 nitrogen and oxygen atoms in total. The van der Waals surface area contributed by atoms with E-state index in [1.807, 2.05) is 13.8 Å². The maximum atomic E-state index is 11.4. The minimum Gasteiger partial charge on any atom is -0.354 e. The van der Waals surface area contributed by atoms with Crippen LogP contribution in [0.3, 0.4) is 0 Å². The SMILES string of the molecule is CC(=O)N1CC(C(=O)NC(C)C)C1. The van der Waals surface area contributed by atoms with E-state index >= 15 is 0 Å². The van der Waals surface area contributed by atoms with Gasteiger partial charge in [0.2, 0.25) is 11.8 Å². The lowest BCUT2D eigenvalue weighted by Crippen LogP contribution is -2.55. The van der Waals surface area contributed by atoms with Gasteiger partial charge in [-0.05, 0) is 13.8 Å². The first-order chi connectivity index (χ1) is 6.00. The Kier molecular flexibility index (Phi) is 2.90. The van der Waals surface area contributed by atoms with Gasteiger partial charge in [0.15, 0.2) is 0 Å². The molecule has 13 heavy (non-hydrogen) atoms. The molecule has 0 aromatic carbocycles. The fourth-order valence-corrected chi connectivity index (χ4v) is 1.30. The highest BCUT2D eigenvalue weighted by molar-refractivity contribution is 5.83. The third-order valence-corrected chi connectivity index (χ3v) is 2.13. The van der Waals surface area contributed by atoms with Crippen LogP contribution in [-0.2, 0) is 9.59 Å². The summed E-state index contributed by atoms with van der Waals surface area (Å²) in [7, 11) is 0. The quantitative estimate of drug-likeness (QED) is 0.656. The second-order valence-corrected chi connectivity index (χ2v) is 3.78. The fourth-order valence-electron chi connectivity index (χ4n) is 1.30. The smallest absolute Gasteiger partial charge is 0.226 e. The predicted molar refractivity (Wildman–Crippen MR) is 49.0 cm³/mol. The lowest BCUT2D eigenvalue weighted by Gasteiger charge is -2.37. The number of carbonyl (C=O) groups excluding carboxylic acids is 2. The van der Waals surface area contributed by atoms with Gasteiger partial charge >= 0.3 is 0 Å². The summed E-state index contributed by atoms with van der Waals surface area (Å²) >= 11 is 0. The van der Waals surface area contributed by atoms with Gasteiger partial charge in [0, 0.05) is 26.1 Å². The molecule has 2 amide bonds. The highest BCUT2D eigenvalue weighted by Gasteiger charge is 2.33. The molecule has 1 fully saturated rings. The van der Waals surface area contributed by atoms with Crippen LogP contribution in [0.4, 0.5) is 0 Å². The highest BCUT2D eigenvalue weighted by atomic mass is 16.2. The molecule has 0 aromatic heterocycles. The van der Waals surface area contributed by atoms with E-state index in [4.69, 9.17) is 0 Å². The van der Waals surface area contributed by atoms with Crippen LogP contribution < -0.4 is 5.32 Å². The molecule has 74 valence electrons. The number of amides is 2. The first-order valence-corrected chi connectivity index (χ1v) is 4.56. The largest absolute Gasteiger partial charge is 0.354 e. The topological polar surface area (TPSA) is 49.4 Å². The van der Waals surface area contributed by atoms with Crippen LogP contribution in [0, 0.1) is 5.92 Å². The zero-order chi connectivity index (χ0) is 10.0. The van der Waals surface area contributed by atoms with E-state index in [0.29, 0.717) is 13.1 Å². The zero-order valence-electron chi connectivity index (χ0n) is 8.33. The van der Waals surface area contributed by atoms with Crippen molar-refractivity contribution in [3.8, 4) is 0 Å². The zero-order valence-corrected chi connectivity index (χ0v) is 8.33. The molecule has 0 saturated carbocycles. The van der Waals surface area contributed by atoms with Gasteiger partial charge in [-0.1, -0.05) is 0 Å². The van der Waals surface area contributed by atoms with Crippen LogP contribution in [-0.4, -0.2) is 35.8 Å². The van der Waals surface area contributed by atoms with Crippen molar-refractivity contribution in [1.82, 2.24) is 10.2 Å². The molecule has 4 heteroatoms. The average molecular weight is 184 g/mol. The molecule has 1 saturated heterocycles. The molecular weight excluding hydrogens is 168 g/mol. The Morgan fingerprint density at radius 2 is 1.92 bits per heavy atom. The molecule has 1 aliphatic rings. The molecule has 1 aliphatic heterocycles. The van der Waals surface area contributed by atoms with Crippen LogP contribution in [0.2, 0.25) is 0 Å². The van der Waals surface area contributed by atoms with Gasteiger partial charge in [-0.2, -0.15) is 0 Å². The summed E-state index contributed by atoms with van der Waals surface area (Å²) < 4.78 is 0. The Labute approximate surface area is 78.3 Å². The maximum Gasteiger partial charge on any atom is 0.226 e. The number of carbonyl (C=O) groups is 2. The monoisotopic (exact) mass is 184 g/mol. The highest BCUT2D eigenvalue weighted by Crippen LogP contribution is 2.15. The Balaban J connectivity index is 2.27. The van der Waals surface area contributed by atoms with Crippen molar-refractivity contribution >= 4 is 11.8 Å². The first-order valence-electron chi connectivity index (χ1n) is 4.56. The molecule has 0 unspecified atom stereocenters. The Morgan fingerprint density at radius 3 is 2.31 bits per heavy atom. The number of nitrogens with zero attached hydrogens (tertiary/aromatic N) is 1. The lowest BCUT2D eigenvalue weighted by atomic mass is 9.99. The molecule has 1 rings (SSSR count). The molecule has 0 aromatic rings. The van der Waals surface area contributed by atoms with Crippen molar-refractivity contribution < 1.29 is 9.59 Å². The molecule has 1 N–H and O–H groups in total. The summed E-state index contributed by atoms with van der Waals surface area (Å²) in [5, 5.41) is 2.83. The van der Waals surface area contributed by atoms with Crippen LogP contribution in [0.1, 0.15) is 20.8 Å². The van der Waals surface area contributed by atoms with E-state index in [1.54, 1.807) is 4.90 Å². The second-order valence-electron chi connectivity index (χ2n) is 3.78. The summed E-state index contributed by atoms with van der Waals surface area (Å²) in [6.45, 7) is 6.54. The summed E-state index contributed by atoms with van der Waals surface area (Å²) in [6.07, 6.45) is 0. The lowest BCUT2D eigenvalue weighted by molar-refractivity contribution is -0.141. The van der Waals surface area contributed by atoms with E-state index in [0.717, 1.165) is 0 Å². The molecule has 0 spiro atoms. The van der Waals surface area contributed by atoms with Crippen molar-refractivity contribution in [3.05, 3.63) is 0 Å². The normalized spacial score (nSPS) is 17.1. The van der Waals surface area contributed by atoms with Gasteiger partial charge in [0.05, 0.1) is 5.92 Å². The number of rotatable bonds is 2. The van der Waals surface area contributed by atoms with E-state index in [1.165, 1.54) is 6.92 Å². The van der Waals surface area contributed by atoms with Gasteiger partial charge < -0.3 is 10.2 Å². The average Bonchev–Trinajstić information content (AvgIpc) is 1.79. The number of hydrogen-bond acceptors (Lipinski definition) is 2. The third-order valence-electron chi connectivity index (χ3n) is 2.13. The Morgan fingerprint density at radius 1 is 1.38 bits per heavy atom. The number of hydrogen-bond donors (Lipinski definition) is 1. The van der Waals surface area contributed by atoms with Crippen molar-refractivity contribution in [2.24, 2.45) is 5.92 Å². The fraction of sp³-hybridized carbons (Fsp3) is 0.778. The minimum atomic E-state index is 0.00583. The molecule has 1 heterocycles. The molecule has 0 radical (unpaired) electrons. The van der Waals surface area contributed by atoms with Crippen molar-refractivity contribution in [3.63, 3.8) is 0 Å². The number of nitrogens with one attached hydrogen (secondary N) is 1. The third kappa shape index (κ3) is 2.44. The first kappa shape index (κ1) is 10.0. The van der Waals surface area contributed by atoms with Crippen LogP contribution in [0.5, 0.6) is 0 Å². The standard InChI is InChI=1S/C9H16N2O2/c1-6(2)10-9(13)8-4-11(5-8)7(3)12/h6,8H,4-5H2,1-3H3,(H,10,13). The molecule has 0 bridgehead atoms. The van der Waals surface area contributed by atoms with Gasteiger partial charge in [0.1, 0.15) is 0 Å². The minimum absolute atomic E-state index is 0.00583. The molecular formula is C9H16N2O2. The van der Waals surface area contributed by atoms with Crippen molar-refractivity contribution in [2.45, 2.75) is 26.8 Å². The molecule has 0 atom stereocenters. The van der Waals surface area contributed by atoms with Gasteiger partial charge in [-0.25, -0.2) is 0 Å². The van der Waals surface area contributed by atoms with Crippen LogP contribution in [0.15, 0.2) is 0 Å². The van der Waals surface area contributed by atoms with E-state index in [9.17, 15) is 9.59 Å². The summed E-state index contributed by atoms with van der Waals surface area (Å²) in [5.74, 6) is 0.118.